The summed E-state index contributed by atoms with van der Waals surface area (Å²) in [5.74, 6) is -3.25. The van der Waals surface area contributed by atoms with Gasteiger partial charge in [0, 0.05) is 55.8 Å². The van der Waals surface area contributed by atoms with Crippen molar-refractivity contribution in [3.63, 3.8) is 0 Å². The number of H-pyrrole nitrogens is 2. The highest BCUT2D eigenvalue weighted by atomic mass is 16.5. The van der Waals surface area contributed by atoms with Crippen LogP contribution in [0.25, 0.3) is 43.4 Å². The lowest BCUT2D eigenvalue weighted by Crippen LogP contribution is -2.15. The van der Waals surface area contributed by atoms with Gasteiger partial charge in [0.25, 0.3) is 0 Å². The van der Waals surface area contributed by atoms with Gasteiger partial charge < -0.3 is 44.3 Å². The summed E-state index contributed by atoms with van der Waals surface area (Å²) in [5.41, 5.74) is 1.66. The largest absolute Gasteiger partial charge is 0.466 e. The Morgan fingerprint density at radius 2 is 0.950 bits per heavy atom. The first-order valence-corrected chi connectivity index (χ1v) is 17.3. The number of benzene rings is 4. The highest BCUT2D eigenvalue weighted by molar-refractivity contribution is 6.15. The number of esters is 5. The van der Waals surface area contributed by atoms with Crippen LogP contribution in [-0.4, -0.2) is 81.5 Å². The van der Waals surface area contributed by atoms with E-state index in [4.69, 9.17) is 19.1 Å². The van der Waals surface area contributed by atoms with Gasteiger partial charge in [-0.15, -0.1) is 0 Å². The van der Waals surface area contributed by atoms with Crippen molar-refractivity contribution in [2.45, 2.75) is 6.92 Å². The van der Waals surface area contributed by atoms with E-state index in [1.54, 1.807) is 55.5 Å². The highest BCUT2D eigenvalue weighted by Gasteiger charge is 2.18. The third-order valence-electron chi connectivity index (χ3n) is 8.64. The molecule has 2 heterocycles. The van der Waals surface area contributed by atoms with E-state index in [0.29, 0.717) is 49.7 Å². The van der Waals surface area contributed by atoms with Gasteiger partial charge in [-0.2, -0.15) is 9.59 Å². The van der Waals surface area contributed by atoms with Crippen molar-refractivity contribution in [3.8, 4) is 0 Å². The van der Waals surface area contributed by atoms with Crippen LogP contribution in [0.5, 0.6) is 0 Å². The van der Waals surface area contributed by atoms with Gasteiger partial charge in [0.15, 0.2) is 10.9 Å². The van der Waals surface area contributed by atoms with Crippen molar-refractivity contribution in [3.05, 3.63) is 128 Å². The van der Waals surface area contributed by atoms with Crippen molar-refractivity contribution in [2.24, 2.45) is 0 Å². The smallest absolute Gasteiger partial charge is 0.373 e. The van der Waals surface area contributed by atoms with Crippen LogP contribution >= 0.6 is 0 Å². The topological polar surface area (TPSA) is 255 Å². The first-order valence-electron chi connectivity index (χ1n) is 17.3. The summed E-state index contributed by atoms with van der Waals surface area (Å²) >= 11 is 0. The molecule has 0 spiro atoms. The Kier molecular flexibility index (Phi) is 14.9. The fraction of sp³-hybridized carbons (Fsp3) is 0.143. The molecule has 0 saturated carbocycles. The molecule has 4 N–H and O–H groups in total. The molecule has 0 fully saturated rings. The number of rotatable bonds is 9. The lowest BCUT2D eigenvalue weighted by atomic mass is 10.0. The molecule has 0 saturated heterocycles. The minimum absolute atomic E-state index is 0.0180. The number of hydrogen-bond acceptors (Lipinski definition) is 16. The lowest BCUT2D eigenvalue weighted by molar-refractivity contribution is -0.191. The van der Waals surface area contributed by atoms with Crippen molar-refractivity contribution >= 4 is 90.7 Å². The fourth-order valence-corrected chi connectivity index (χ4v) is 5.89. The first kappa shape index (κ1) is 44.3. The van der Waals surface area contributed by atoms with Crippen molar-refractivity contribution in [2.75, 3.05) is 46.2 Å². The van der Waals surface area contributed by atoms with E-state index in [-0.39, 0.29) is 34.1 Å². The number of hydrogen-bond donors (Lipinski definition) is 4. The Bertz CT molecular complexity index is 2780. The van der Waals surface area contributed by atoms with Crippen LogP contribution in [0.15, 0.2) is 106 Å². The summed E-state index contributed by atoms with van der Waals surface area (Å²) in [7, 11) is 6.18. The molecular formula is C42H36N4O14. The second-order valence-electron chi connectivity index (χ2n) is 12.0. The van der Waals surface area contributed by atoms with Crippen LogP contribution in [-0.2, 0) is 47.7 Å². The van der Waals surface area contributed by atoms with Gasteiger partial charge in [0.2, 0.25) is 0 Å². The summed E-state index contributed by atoms with van der Waals surface area (Å²) in [6, 6.07) is 19.7. The molecule has 308 valence electrons. The molecule has 0 unspecified atom stereocenters. The van der Waals surface area contributed by atoms with E-state index < -0.39 is 29.8 Å². The molecule has 4 aromatic carbocycles. The van der Waals surface area contributed by atoms with Crippen LogP contribution in [0.4, 0.5) is 11.4 Å². The molecule has 2 aromatic heterocycles. The third kappa shape index (κ3) is 9.77. The maximum Gasteiger partial charge on any atom is 0.373 e. The second-order valence-corrected chi connectivity index (χ2v) is 12.0. The van der Waals surface area contributed by atoms with Crippen molar-refractivity contribution in [1.29, 1.82) is 0 Å². The predicted octanol–water partition coefficient (Wildman–Crippen LogP) is 4.48. The van der Waals surface area contributed by atoms with Crippen molar-refractivity contribution < 1.29 is 57.2 Å². The van der Waals surface area contributed by atoms with E-state index in [1.165, 1.54) is 47.7 Å². The van der Waals surface area contributed by atoms with Gasteiger partial charge in [-0.05, 0) is 31.2 Å². The minimum Gasteiger partial charge on any atom is -0.466 e. The van der Waals surface area contributed by atoms with Gasteiger partial charge in [-0.1, -0.05) is 42.5 Å². The van der Waals surface area contributed by atoms with Gasteiger partial charge in [0.1, 0.15) is 22.8 Å². The Balaban J connectivity index is 0.000000248. The number of pyridine rings is 2. The third-order valence-corrected chi connectivity index (χ3v) is 8.64. The zero-order chi connectivity index (χ0) is 44.1. The molecule has 6 aromatic rings. The average Bonchev–Trinajstić information content (AvgIpc) is 3.26. The van der Waals surface area contributed by atoms with Gasteiger partial charge in [-0.25, -0.2) is 24.0 Å². The van der Waals surface area contributed by atoms with E-state index in [9.17, 15) is 33.6 Å². The Labute approximate surface area is 338 Å². The highest BCUT2D eigenvalue weighted by Crippen LogP contribution is 2.31. The lowest BCUT2D eigenvalue weighted by Gasteiger charge is -2.15. The van der Waals surface area contributed by atoms with Gasteiger partial charge in [0.05, 0.1) is 52.7 Å². The number of fused-ring (bicyclic) bond motifs is 6. The molecule has 60 heavy (non-hydrogen) atoms. The summed E-state index contributed by atoms with van der Waals surface area (Å²) in [4.78, 5) is 106. The number of aromatic nitrogens is 2. The van der Waals surface area contributed by atoms with Gasteiger partial charge >= 0.3 is 36.0 Å². The number of carbonyl (C=O) groups is 5. The zero-order valence-corrected chi connectivity index (χ0v) is 32.8. The zero-order valence-electron chi connectivity index (χ0n) is 32.8. The summed E-state index contributed by atoms with van der Waals surface area (Å²) in [6.07, 6.45) is 2.88. The van der Waals surface area contributed by atoms with E-state index in [2.05, 4.69) is 34.8 Å². The first-order chi connectivity index (χ1) is 28.8. The van der Waals surface area contributed by atoms with Crippen LogP contribution in [0.1, 0.15) is 27.9 Å². The van der Waals surface area contributed by atoms with E-state index in [1.807, 2.05) is 18.2 Å². The molecule has 0 aliphatic carbocycles. The van der Waals surface area contributed by atoms with Crippen LogP contribution in [0, 0.1) is 0 Å². The number of allylic oxidation sites excluding steroid dienone is 1. The number of ether oxygens (including phenoxy) is 5. The van der Waals surface area contributed by atoms with Crippen molar-refractivity contribution in [1.82, 2.24) is 9.97 Å². The normalized spacial score (nSPS) is 10.9. The average molecular weight is 821 g/mol. The summed E-state index contributed by atoms with van der Waals surface area (Å²) in [5, 5.41) is 9.47. The second kappa shape index (κ2) is 20.2. The fourth-order valence-electron chi connectivity index (χ4n) is 5.89. The van der Waals surface area contributed by atoms with Crippen LogP contribution in [0.3, 0.4) is 0 Å². The SMILES string of the molecule is C/C=C(/Nc1cccc2c(N/C(=C/C(=O)OC)C(=O)OC)cccc12)C(=O)OC.COC(=O)c1cc(=O)c2ccc3c(ccc4c(=O)cc(C(=O)OC)[nH]c43)c2[nH]1.O=C=O. The predicted molar refractivity (Wildman–Crippen MR) is 217 cm³/mol. The number of carbonyl (C=O) groups excluding carboxylic acids is 7. The number of nitrogens with one attached hydrogen (secondary N) is 4. The Hall–Kier alpha value is -8.37. The monoisotopic (exact) mass is 820 g/mol. The Morgan fingerprint density at radius 1 is 0.550 bits per heavy atom. The minimum atomic E-state index is -0.719. The molecule has 18 nitrogen and oxygen atoms in total. The standard InChI is InChI=1S/C21H22N2O6.C20H14N2O6.CO2/c1-5-15(20(25)28-3)22-16-10-6-9-14-13(16)8-7-11-17(14)23-18(21(26)29-4)12-19(24)27-2;1-27-19(25)13-7-15(23)11-5-4-10-9(17(11)21-13)3-6-12-16(24)8-14(20(26)28-2)22-18(10)12;2-1-3/h5-12,22-23H,1-4H3;3-8H,1-2H3,(H,21,23)(H,22,24);/b15-5+,18-12+;;. The number of anilines is 2. The molecule has 0 aliphatic rings. The quantitative estimate of drug-likeness (QED) is 0.0679. The molecule has 6 rings (SSSR count). The summed E-state index contributed by atoms with van der Waals surface area (Å²) < 4.78 is 23.4. The molecular weight excluding hydrogens is 784 g/mol. The summed E-state index contributed by atoms with van der Waals surface area (Å²) in [6.45, 7) is 1.72. The van der Waals surface area contributed by atoms with Crippen LogP contribution < -0.4 is 21.5 Å². The molecule has 0 bridgehead atoms. The Morgan fingerprint density at radius 3 is 1.33 bits per heavy atom. The maximum absolute atomic E-state index is 12.4. The van der Waals surface area contributed by atoms with Crippen LogP contribution in [0.2, 0.25) is 0 Å². The molecule has 0 atom stereocenters. The molecule has 18 heteroatoms. The number of aromatic amines is 2. The molecule has 0 amide bonds. The van der Waals surface area contributed by atoms with E-state index >= 15 is 0 Å². The maximum atomic E-state index is 12.4. The number of methoxy groups -OCH3 is 5. The van der Waals surface area contributed by atoms with Gasteiger partial charge in [-0.3, -0.25) is 9.59 Å². The molecule has 0 aliphatic heterocycles. The van der Waals surface area contributed by atoms with E-state index in [0.717, 1.165) is 16.8 Å². The molecule has 0 radical (unpaired) electrons.